The lowest BCUT2D eigenvalue weighted by Gasteiger charge is -2.40. The van der Waals surface area contributed by atoms with Crippen molar-refractivity contribution in [2.24, 2.45) is 0 Å². The number of hydrogen-bond donors (Lipinski definition) is 1. The molecule has 0 unspecified atom stereocenters. The van der Waals surface area contributed by atoms with Gasteiger partial charge in [0.15, 0.2) is 0 Å². The van der Waals surface area contributed by atoms with E-state index in [1.807, 2.05) is 26.8 Å². The summed E-state index contributed by atoms with van der Waals surface area (Å²) >= 11 is 0. The van der Waals surface area contributed by atoms with Crippen molar-refractivity contribution in [3.63, 3.8) is 0 Å². The van der Waals surface area contributed by atoms with E-state index in [-0.39, 0.29) is 11.5 Å². The standard InChI is InChI=1S/C13H19F3N4/c1-12(2,3)10-4-11(18-8-17-10)19-9-5-20(6-9)7-13(14,15)16/h4,8-9H,5-7H2,1-3H3,(H,17,18,19). The zero-order chi connectivity index (χ0) is 15.0. The van der Waals surface area contributed by atoms with E-state index in [2.05, 4.69) is 15.3 Å². The Kier molecular flexibility index (Phi) is 3.90. The summed E-state index contributed by atoms with van der Waals surface area (Å²) in [5, 5.41) is 3.15. The van der Waals surface area contributed by atoms with Gasteiger partial charge < -0.3 is 5.32 Å². The number of rotatable bonds is 3. The van der Waals surface area contributed by atoms with Gasteiger partial charge in [-0.25, -0.2) is 9.97 Å². The summed E-state index contributed by atoms with van der Waals surface area (Å²) in [5.41, 5.74) is 0.822. The molecule has 0 bridgehead atoms. The van der Waals surface area contributed by atoms with Gasteiger partial charge in [0.25, 0.3) is 0 Å². The fourth-order valence-corrected chi connectivity index (χ4v) is 2.10. The van der Waals surface area contributed by atoms with Crippen LogP contribution in [0.25, 0.3) is 0 Å². The number of likely N-dealkylation sites (tertiary alicyclic amines) is 1. The SMILES string of the molecule is CC(C)(C)c1cc(NC2CN(CC(F)(F)F)C2)ncn1. The molecule has 1 aliphatic heterocycles. The maximum Gasteiger partial charge on any atom is 0.401 e. The predicted molar refractivity (Wildman–Crippen MR) is 70.6 cm³/mol. The molecule has 1 saturated heterocycles. The first-order valence-corrected chi connectivity index (χ1v) is 6.52. The summed E-state index contributed by atoms with van der Waals surface area (Å²) in [6, 6.07) is 1.87. The van der Waals surface area contributed by atoms with Gasteiger partial charge in [-0.1, -0.05) is 20.8 Å². The summed E-state index contributed by atoms with van der Waals surface area (Å²) in [7, 11) is 0. The molecule has 4 nitrogen and oxygen atoms in total. The number of aromatic nitrogens is 2. The van der Waals surface area contributed by atoms with Crippen LogP contribution in [0.15, 0.2) is 12.4 Å². The minimum absolute atomic E-state index is 0.0140. The van der Waals surface area contributed by atoms with Crippen molar-refractivity contribution >= 4 is 5.82 Å². The third-order valence-corrected chi connectivity index (χ3v) is 3.15. The van der Waals surface area contributed by atoms with Gasteiger partial charge in [-0.05, 0) is 0 Å². The molecule has 2 rings (SSSR count). The molecular weight excluding hydrogens is 269 g/mol. The molecule has 0 aliphatic carbocycles. The Hall–Kier alpha value is -1.37. The first kappa shape index (κ1) is 15.0. The molecule has 0 amide bonds. The molecule has 1 fully saturated rings. The molecule has 0 saturated carbocycles. The third-order valence-electron chi connectivity index (χ3n) is 3.15. The van der Waals surface area contributed by atoms with E-state index < -0.39 is 12.7 Å². The lowest BCUT2D eigenvalue weighted by molar-refractivity contribution is -0.153. The molecule has 1 N–H and O–H groups in total. The second kappa shape index (κ2) is 5.20. The van der Waals surface area contributed by atoms with E-state index >= 15 is 0 Å². The van der Waals surface area contributed by atoms with E-state index in [1.165, 1.54) is 11.2 Å². The van der Waals surface area contributed by atoms with Gasteiger partial charge >= 0.3 is 6.18 Å². The number of alkyl halides is 3. The van der Waals surface area contributed by atoms with Gasteiger partial charge in [0.2, 0.25) is 0 Å². The van der Waals surface area contributed by atoms with Crippen LogP contribution in [0.1, 0.15) is 26.5 Å². The molecule has 0 radical (unpaired) electrons. The van der Waals surface area contributed by atoms with Crippen LogP contribution in [-0.4, -0.2) is 46.7 Å². The number of halogens is 3. The molecule has 0 atom stereocenters. The van der Waals surface area contributed by atoms with E-state index in [0.29, 0.717) is 18.9 Å². The van der Waals surface area contributed by atoms with E-state index in [9.17, 15) is 13.2 Å². The summed E-state index contributed by atoms with van der Waals surface area (Å²) in [6.45, 7) is 6.07. The van der Waals surface area contributed by atoms with Crippen molar-refractivity contribution < 1.29 is 13.2 Å². The highest BCUT2D eigenvalue weighted by Gasteiger charge is 2.37. The summed E-state index contributed by atoms with van der Waals surface area (Å²) in [4.78, 5) is 9.69. The minimum Gasteiger partial charge on any atom is -0.365 e. The minimum atomic E-state index is -4.13. The van der Waals surface area contributed by atoms with Gasteiger partial charge in [-0.15, -0.1) is 0 Å². The van der Waals surface area contributed by atoms with Crippen molar-refractivity contribution in [2.75, 3.05) is 25.0 Å². The summed E-state index contributed by atoms with van der Waals surface area (Å²) in [5.74, 6) is 0.668. The smallest absolute Gasteiger partial charge is 0.365 e. The highest BCUT2D eigenvalue weighted by atomic mass is 19.4. The first-order chi connectivity index (χ1) is 9.13. The van der Waals surface area contributed by atoms with Crippen molar-refractivity contribution in [3.05, 3.63) is 18.1 Å². The molecule has 20 heavy (non-hydrogen) atoms. The molecule has 1 aliphatic rings. The average Bonchev–Trinajstić information content (AvgIpc) is 2.23. The molecule has 0 spiro atoms. The quantitative estimate of drug-likeness (QED) is 0.927. The number of hydrogen-bond acceptors (Lipinski definition) is 4. The Morgan fingerprint density at radius 2 is 1.90 bits per heavy atom. The van der Waals surface area contributed by atoms with Crippen LogP contribution in [0.3, 0.4) is 0 Å². The Morgan fingerprint density at radius 3 is 2.45 bits per heavy atom. The second-order valence-corrected chi connectivity index (χ2v) is 6.19. The van der Waals surface area contributed by atoms with Gasteiger partial charge in [0.05, 0.1) is 18.3 Å². The molecule has 1 aromatic rings. The van der Waals surface area contributed by atoms with Crippen LogP contribution in [0.4, 0.5) is 19.0 Å². The zero-order valence-corrected chi connectivity index (χ0v) is 11.8. The molecule has 2 heterocycles. The lowest BCUT2D eigenvalue weighted by Crippen LogP contribution is -2.57. The Bertz CT molecular complexity index is 461. The normalized spacial score (nSPS) is 17.9. The average molecular weight is 288 g/mol. The van der Waals surface area contributed by atoms with Crippen molar-refractivity contribution in [1.82, 2.24) is 14.9 Å². The van der Waals surface area contributed by atoms with E-state index in [0.717, 1.165) is 5.69 Å². The van der Waals surface area contributed by atoms with Gasteiger partial charge in [-0.2, -0.15) is 13.2 Å². The summed E-state index contributed by atoms with van der Waals surface area (Å²) in [6.07, 6.45) is -2.64. The maximum absolute atomic E-state index is 12.2. The number of anilines is 1. The summed E-state index contributed by atoms with van der Waals surface area (Å²) < 4.78 is 36.5. The Balaban J connectivity index is 1.87. The molecule has 0 aromatic carbocycles. The maximum atomic E-state index is 12.2. The van der Waals surface area contributed by atoms with Crippen LogP contribution >= 0.6 is 0 Å². The molecule has 7 heteroatoms. The first-order valence-electron chi connectivity index (χ1n) is 6.52. The van der Waals surface area contributed by atoms with Crippen LogP contribution in [0.5, 0.6) is 0 Å². The molecule has 112 valence electrons. The van der Waals surface area contributed by atoms with Gasteiger partial charge in [-0.3, -0.25) is 4.90 Å². The molecule has 1 aromatic heterocycles. The fourth-order valence-electron chi connectivity index (χ4n) is 2.10. The van der Waals surface area contributed by atoms with Crippen LogP contribution in [-0.2, 0) is 5.41 Å². The van der Waals surface area contributed by atoms with Crippen molar-refractivity contribution in [2.45, 2.75) is 38.4 Å². The predicted octanol–water partition coefficient (Wildman–Crippen LogP) is 2.43. The largest absolute Gasteiger partial charge is 0.401 e. The second-order valence-electron chi connectivity index (χ2n) is 6.19. The monoisotopic (exact) mass is 288 g/mol. The van der Waals surface area contributed by atoms with Crippen LogP contribution in [0, 0.1) is 0 Å². The number of nitrogens with zero attached hydrogens (tertiary/aromatic N) is 3. The van der Waals surface area contributed by atoms with Crippen LogP contribution < -0.4 is 5.32 Å². The highest BCUT2D eigenvalue weighted by molar-refractivity contribution is 5.38. The van der Waals surface area contributed by atoms with Gasteiger partial charge in [0, 0.05) is 24.6 Å². The Labute approximate surface area is 116 Å². The molecular formula is C13H19F3N4. The van der Waals surface area contributed by atoms with E-state index in [1.54, 1.807) is 0 Å². The van der Waals surface area contributed by atoms with Crippen molar-refractivity contribution in [1.29, 1.82) is 0 Å². The van der Waals surface area contributed by atoms with Crippen molar-refractivity contribution in [3.8, 4) is 0 Å². The van der Waals surface area contributed by atoms with Gasteiger partial charge in [0.1, 0.15) is 12.1 Å². The third kappa shape index (κ3) is 4.06. The topological polar surface area (TPSA) is 41.0 Å². The fraction of sp³-hybridized carbons (Fsp3) is 0.692. The number of nitrogens with one attached hydrogen (secondary N) is 1. The Morgan fingerprint density at radius 1 is 1.25 bits per heavy atom. The van der Waals surface area contributed by atoms with Crippen LogP contribution in [0.2, 0.25) is 0 Å². The lowest BCUT2D eigenvalue weighted by atomic mass is 9.92. The zero-order valence-electron chi connectivity index (χ0n) is 11.8. The van der Waals surface area contributed by atoms with E-state index in [4.69, 9.17) is 0 Å². The highest BCUT2D eigenvalue weighted by Crippen LogP contribution is 2.24.